The van der Waals surface area contributed by atoms with Crippen molar-refractivity contribution >= 4 is 44.6 Å². The number of ether oxygens (including phenoxy) is 2. The zero-order valence-corrected chi connectivity index (χ0v) is 21.0. The molecular formula is C24H27BrClN3O3. The molecule has 0 aliphatic rings. The number of fused-ring (bicyclic) bond motifs is 1. The predicted molar refractivity (Wildman–Crippen MR) is 134 cm³/mol. The van der Waals surface area contributed by atoms with Gasteiger partial charge in [0.15, 0.2) is 11.5 Å². The highest BCUT2D eigenvalue weighted by molar-refractivity contribution is 9.10. The molecule has 8 heteroatoms. The monoisotopic (exact) mass is 519 g/mol. The van der Waals surface area contributed by atoms with Gasteiger partial charge in [-0.2, -0.15) is 9.78 Å². The minimum Gasteiger partial charge on any atom is -0.490 e. The number of aromatic nitrogens is 2. The van der Waals surface area contributed by atoms with Gasteiger partial charge in [-0.3, -0.25) is 4.79 Å². The average Bonchev–Trinajstić information content (AvgIpc) is 2.76. The molecule has 170 valence electrons. The first-order chi connectivity index (χ1) is 15.4. The molecule has 0 unspecified atom stereocenters. The summed E-state index contributed by atoms with van der Waals surface area (Å²) in [6, 6.07) is 9.03. The third-order valence-electron chi connectivity index (χ3n) is 4.90. The summed E-state index contributed by atoms with van der Waals surface area (Å²) in [7, 11) is 0. The Morgan fingerprint density at radius 2 is 2.03 bits per heavy atom. The van der Waals surface area contributed by atoms with Gasteiger partial charge in [-0.1, -0.05) is 41.4 Å². The molecule has 0 bridgehead atoms. The number of hydrogen-bond donors (Lipinski definition) is 0. The first-order valence-corrected chi connectivity index (χ1v) is 11.9. The van der Waals surface area contributed by atoms with E-state index in [9.17, 15) is 4.79 Å². The van der Waals surface area contributed by atoms with Gasteiger partial charge in [-0.25, -0.2) is 4.98 Å². The van der Waals surface area contributed by atoms with E-state index in [4.69, 9.17) is 21.1 Å². The number of aryl methyl sites for hydroxylation is 1. The second-order valence-electron chi connectivity index (χ2n) is 7.40. The van der Waals surface area contributed by atoms with Gasteiger partial charge in [0, 0.05) is 10.9 Å². The Labute approximate surface area is 201 Å². The number of halogens is 2. The number of benzene rings is 2. The van der Waals surface area contributed by atoms with Crippen LogP contribution in [0.3, 0.4) is 0 Å². The van der Waals surface area contributed by atoms with Crippen molar-refractivity contribution in [3.8, 4) is 11.5 Å². The van der Waals surface area contributed by atoms with Crippen molar-refractivity contribution in [1.82, 2.24) is 9.66 Å². The van der Waals surface area contributed by atoms with Crippen LogP contribution in [-0.2, 0) is 6.42 Å². The topological polar surface area (TPSA) is 65.7 Å². The van der Waals surface area contributed by atoms with Gasteiger partial charge in [-0.05, 0) is 62.6 Å². The summed E-state index contributed by atoms with van der Waals surface area (Å²) in [4.78, 5) is 17.8. The molecule has 0 radical (unpaired) electrons. The van der Waals surface area contributed by atoms with E-state index in [1.807, 2.05) is 45.9 Å². The fourth-order valence-electron chi connectivity index (χ4n) is 3.15. The molecule has 0 spiro atoms. The second kappa shape index (κ2) is 11.0. The van der Waals surface area contributed by atoms with Gasteiger partial charge in [0.05, 0.1) is 34.9 Å². The lowest BCUT2D eigenvalue weighted by molar-refractivity contribution is 0.203. The molecule has 0 aliphatic heterocycles. The van der Waals surface area contributed by atoms with Crippen LogP contribution in [0.4, 0.5) is 0 Å². The van der Waals surface area contributed by atoms with E-state index in [1.54, 1.807) is 18.3 Å². The largest absolute Gasteiger partial charge is 0.490 e. The van der Waals surface area contributed by atoms with Crippen LogP contribution in [0.15, 0.2) is 44.7 Å². The van der Waals surface area contributed by atoms with Crippen molar-refractivity contribution in [1.29, 1.82) is 0 Å². The van der Waals surface area contributed by atoms with E-state index >= 15 is 0 Å². The lowest BCUT2D eigenvalue weighted by atomic mass is 10.2. The van der Waals surface area contributed by atoms with Crippen LogP contribution in [0.2, 0.25) is 5.02 Å². The highest BCUT2D eigenvalue weighted by Crippen LogP contribution is 2.37. The maximum Gasteiger partial charge on any atom is 0.282 e. The molecular weight excluding hydrogens is 494 g/mol. The Kier molecular flexibility index (Phi) is 8.32. The first kappa shape index (κ1) is 24.3. The molecule has 1 aromatic heterocycles. The molecule has 1 heterocycles. The Bertz CT molecular complexity index is 1190. The minimum absolute atomic E-state index is 0.00407. The van der Waals surface area contributed by atoms with Gasteiger partial charge in [0.25, 0.3) is 5.56 Å². The van der Waals surface area contributed by atoms with Crippen LogP contribution in [0.5, 0.6) is 11.5 Å². The van der Waals surface area contributed by atoms with Crippen LogP contribution in [0, 0.1) is 0 Å². The molecule has 0 saturated heterocycles. The average molecular weight is 521 g/mol. The van der Waals surface area contributed by atoms with Crippen LogP contribution in [0.25, 0.3) is 10.9 Å². The van der Waals surface area contributed by atoms with Crippen LogP contribution in [0.1, 0.15) is 51.9 Å². The maximum absolute atomic E-state index is 13.2. The van der Waals surface area contributed by atoms with E-state index in [0.29, 0.717) is 51.8 Å². The lowest BCUT2D eigenvalue weighted by Crippen LogP contribution is -2.22. The summed E-state index contributed by atoms with van der Waals surface area (Å²) < 4.78 is 13.9. The molecule has 32 heavy (non-hydrogen) atoms. The molecule has 6 nitrogen and oxygen atoms in total. The third-order valence-corrected chi connectivity index (χ3v) is 5.67. The number of nitrogens with zero attached hydrogens (tertiary/aromatic N) is 3. The number of rotatable bonds is 9. The van der Waals surface area contributed by atoms with Gasteiger partial charge >= 0.3 is 0 Å². The molecule has 1 atom stereocenters. The summed E-state index contributed by atoms with van der Waals surface area (Å²) in [6.07, 6.45) is 3.91. The first-order valence-electron chi connectivity index (χ1n) is 10.8. The fraction of sp³-hybridized carbons (Fsp3) is 0.375. The third kappa shape index (κ3) is 5.51. The molecule has 0 N–H and O–H groups in total. The van der Waals surface area contributed by atoms with E-state index < -0.39 is 0 Å². The van der Waals surface area contributed by atoms with Crippen molar-refractivity contribution < 1.29 is 9.47 Å². The SMILES string of the molecule is CCCc1nc2ccc(Br)cc2c(=O)n1N=Cc1cc(Cl)c(O[C@@H](C)CC)c(OCC)c1. The highest BCUT2D eigenvalue weighted by Gasteiger charge is 2.15. The Morgan fingerprint density at radius 1 is 1.25 bits per heavy atom. The minimum atomic E-state index is -0.219. The second-order valence-corrected chi connectivity index (χ2v) is 8.72. The normalized spacial score (nSPS) is 12.4. The van der Waals surface area contributed by atoms with Crippen molar-refractivity contribution in [2.24, 2.45) is 5.10 Å². The Morgan fingerprint density at radius 3 is 2.72 bits per heavy atom. The standard InChI is InChI=1S/C24H27BrClN3O3/c1-5-8-22-28-20-10-9-17(25)13-18(20)24(30)29(22)27-14-16-11-19(26)23(32-15(4)6-2)21(12-16)31-7-3/h9-15H,5-8H2,1-4H3/t15-/m0/s1. The highest BCUT2D eigenvalue weighted by atomic mass is 79.9. The lowest BCUT2D eigenvalue weighted by Gasteiger charge is -2.18. The maximum atomic E-state index is 13.2. The summed E-state index contributed by atoms with van der Waals surface area (Å²) in [5.74, 6) is 1.67. The van der Waals surface area contributed by atoms with Crippen molar-refractivity contribution in [2.75, 3.05) is 6.61 Å². The molecule has 0 aliphatic carbocycles. The van der Waals surface area contributed by atoms with Crippen LogP contribution < -0.4 is 15.0 Å². The Balaban J connectivity index is 2.07. The van der Waals surface area contributed by atoms with E-state index in [0.717, 1.165) is 17.3 Å². The zero-order chi connectivity index (χ0) is 23.3. The summed E-state index contributed by atoms with van der Waals surface area (Å²) in [5.41, 5.74) is 1.13. The summed E-state index contributed by atoms with van der Waals surface area (Å²) in [5, 5.41) is 5.40. The molecule has 2 aromatic carbocycles. The van der Waals surface area contributed by atoms with Gasteiger partial charge in [0.1, 0.15) is 5.82 Å². The van der Waals surface area contributed by atoms with Crippen LogP contribution in [-0.4, -0.2) is 28.6 Å². The smallest absolute Gasteiger partial charge is 0.282 e. The van der Waals surface area contributed by atoms with Crippen molar-refractivity contribution in [2.45, 2.75) is 53.1 Å². The molecule has 0 saturated carbocycles. The van der Waals surface area contributed by atoms with Gasteiger partial charge in [-0.15, -0.1) is 0 Å². The van der Waals surface area contributed by atoms with E-state index in [1.165, 1.54) is 4.68 Å². The molecule has 0 fully saturated rings. The van der Waals surface area contributed by atoms with Crippen LogP contribution >= 0.6 is 27.5 Å². The molecule has 3 rings (SSSR count). The van der Waals surface area contributed by atoms with E-state index in [2.05, 4.69) is 26.0 Å². The Hall–Kier alpha value is -2.38. The van der Waals surface area contributed by atoms with Gasteiger partial charge < -0.3 is 9.47 Å². The predicted octanol–water partition coefficient (Wildman–Crippen LogP) is 6.22. The van der Waals surface area contributed by atoms with E-state index in [-0.39, 0.29) is 11.7 Å². The van der Waals surface area contributed by atoms with Crippen molar-refractivity contribution in [3.63, 3.8) is 0 Å². The molecule has 3 aromatic rings. The fourth-order valence-corrected chi connectivity index (χ4v) is 3.77. The molecule has 0 amide bonds. The quantitative estimate of drug-likeness (QED) is 0.314. The van der Waals surface area contributed by atoms with Crippen molar-refractivity contribution in [3.05, 3.63) is 61.6 Å². The van der Waals surface area contributed by atoms with Gasteiger partial charge in [0.2, 0.25) is 0 Å². The zero-order valence-electron chi connectivity index (χ0n) is 18.7. The number of hydrogen-bond acceptors (Lipinski definition) is 5. The summed E-state index contributed by atoms with van der Waals surface area (Å²) in [6.45, 7) is 8.43. The summed E-state index contributed by atoms with van der Waals surface area (Å²) >= 11 is 9.93.